The SMILES string of the molecule is CN(C)c1cccc(C(=O)N2CC(=O)NC(=O)C2(C)C)c1. The van der Waals surface area contributed by atoms with Gasteiger partial charge in [0.1, 0.15) is 12.1 Å². The molecular weight excluding hydrogens is 270 g/mol. The fourth-order valence-corrected chi connectivity index (χ4v) is 2.18. The Hall–Kier alpha value is -2.37. The van der Waals surface area contributed by atoms with Gasteiger partial charge in [0.05, 0.1) is 0 Å². The Morgan fingerprint density at radius 2 is 1.95 bits per heavy atom. The summed E-state index contributed by atoms with van der Waals surface area (Å²) in [6.07, 6.45) is 0. The number of amides is 3. The van der Waals surface area contributed by atoms with Crippen LogP contribution in [0.15, 0.2) is 24.3 Å². The molecule has 0 aliphatic carbocycles. The van der Waals surface area contributed by atoms with Crippen molar-refractivity contribution in [2.45, 2.75) is 19.4 Å². The quantitative estimate of drug-likeness (QED) is 0.811. The van der Waals surface area contributed by atoms with E-state index in [4.69, 9.17) is 0 Å². The molecule has 1 aromatic carbocycles. The van der Waals surface area contributed by atoms with Gasteiger partial charge in [0.15, 0.2) is 0 Å². The third-order valence-corrected chi connectivity index (χ3v) is 3.64. The molecule has 21 heavy (non-hydrogen) atoms. The summed E-state index contributed by atoms with van der Waals surface area (Å²) in [4.78, 5) is 39.3. The molecule has 6 nitrogen and oxygen atoms in total. The highest BCUT2D eigenvalue weighted by Gasteiger charge is 2.43. The standard InChI is InChI=1S/C15H19N3O3/c1-15(2)14(21)16-12(19)9-18(15)13(20)10-6-5-7-11(8-10)17(3)4/h5-8H,9H2,1-4H3,(H,16,19,21). The second-order valence-electron chi connectivity index (χ2n) is 5.77. The van der Waals surface area contributed by atoms with E-state index in [2.05, 4.69) is 5.32 Å². The van der Waals surface area contributed by atoms with E-state index < -0.39 is 17.4 Å². The Balaban J connectivity index is 2.36. The average molecular weight is 289 g/mol. The monoisotopic (exact) mass is 289 g/mol. The van der Waals surface area contributed by atoms with Crippen LogP contribution in [0.1, 0.15) is 24.2 Å². The van der Waals surface area contributed by atoms with E-state index in [0.717, 1.165) is 5.69 Å². The Bertz CT molecular complexity index is 608. The number of carbonyl (C=O) groups is 3. The van der Waals surface area contributed by atoms with E-state index in [-0.39, 0.29) is 12.5 Å². The van der Waals surface area contributed by atoms with Gasteiger partial charge in [-0.3, -0.25) is 19.7 Å². The summed E-state index contributed by atoms with van der Waals surface area (Å²) in [5, 5.41) is 2.26. The van der Waals surface area contributed by atoms with Crippen molar-refractivity contribution < 1.29 is 14.4 Å². The molecule has 0 spiro atoms. The molecular formula is C15H19N3O3. The maximum atomic E-state index is 12.7. The minimum atomic E-state index is -1.06. The van der Waals surface area contributed by atoms with Gasteiger partial charge in [-0.1, -0.05) is 6.07 Å². The molecule has 6 heteroatoms. The lowest BCUT2D eigenvalue weighted by Crippen LogP contribution is -2.65. The van der Waals surface area contributed by atoms with Crippen molar-refractivity contribution in [3.05, 3.63) is 29.8 Å². The van der Waals surface area contributed by atoms with Crippen molar-refractivity contribution in [3.8, 4) is 0 Å². The zero-order chi connectivity index (χ0) is 15.8. The number of hydrogen-bond donors (Lipinski definition) is 1. The van der Waals surface area contributed by atoms with Crippen LogP contribution in [0.5, 0.6) is 0 Å². The average Bonchev–Trinajstić information content (AvgIpc) is 2.42. The van der Waals surface area contributed by atoms with Crippen LogP contribution < -0.4 is 10.2 Å². The van der Waals surface area contributed by atoms with Crippen molar-refractivity contribution in [1.29, 1.82) is 0 Å². The van der Waals surface area contributed by atoms with Gasteiger partial charge in [0.25, 0.3) is 11.8 Å². The fourth-order valence-electron chi connectivity index (χ4n) is 2.18. The Labute approximate surface area is 123 Å². The Morgan fingerprint density at radius 1 is 1.29 bits per heavy atom. The minimum absolute atomic E-state index is 0.121. The molecule has 0 saturated carbocycles. The maximum absolute atomic E-state index is 12.7. The molecule has 0 atom stereocenters. The van der Waals surface area contributed by atoms with Crippen LogP contribution in [0.2, 0.25) is 0 Å². The molecule has 112 valence electrons. The number of nitrogens with zero attached hydrogens (tertiary/aromatic N) is 2. The highest BCUT2D eigenvalue weighted by atomic mass is 16.2. The topological polar surface area (TPSA) is 69.7 Å². The molecule has 1 aliphatic rings. The van der Waals surface area contributed by atoms with Crippen molar-refractivity contribution >= 4 is 23.4 Å². The molecule has 0 bridgehead atoms. The second-order valence-corrected chi connectivity index (χ2v) is 5.77. The van der Waals surface area contributed by atoms with Crippen LogP contribution in [0.25, 0.3) is 0 Å². The van der Waals surface area contributed by atoms with E-state index >= 15 is 0 Å². The van der Waals surface area contributed by atoms with E-state index in [1.54, 1.807) is 32.0 Å². The summed E-state index contributed by atoms with van der Waals surface area (Å²) >= 11 is 0. The number of anilines is 1. The summed E-state index contributed by atoms with van der Waals surface area (Å²) in [6, 6.07) is 7.09. The summed E-state index contributed by atoms with van der Waals surface area (Å²) in [7, 11) is 3.76. The maximum Gasteiger partial charge on any atom is 0.255 e. The Morgan fingerprint density at radius 3 is 2.57 bits per heavy atom. The van der Waals surface area contributed by atoms with Crippen molar-refractivity contribution in [2.75, 3.05) is 25.5 Å². The molecule has 0 unspecified atom stereocenters. The number of imide groups is 1. The summed E-state index contributed by atoms with van der Waals surface area (Å²) < 4.78 is 0. The third-order valence-electron chi connectivity index (χ3n) is 3.64. The van der Waals surface area contributed by atoms with Gasteiger partial charge in [0.2, 0.25) is 5.91 Å². The van der Waals surface area contributed by atoms with Crippen LogP contribution in [0.4, 0.5) is 5.69 Å². The molecule has 0 aromatic heterocycles. The van der Waals surface area contributed by atoms with Crippen LogP contribution >= 0.6 is 0 Å². The molecule has 1 fully saturated rings. The van der Waals surface area contributed by atoms with Gasteiger partial charge in [0, 0.05) is 25.3 Å². The number of hydrogen-bond acceptors (Lipinski definition) is 4. The summed E-state index contributed by atoms with van der Waals surface area (Å²) in [5.41, 5.74) is 0.280. The smallest absolute Gasteiger partial charge is 0.255 e. The molecule has 3 amide bonds. The first-order chi connectivity index (χ1) is 9.73. The summed E-state index contributed by atoms with van der Waals surface area (Å²) in [5.74, 6) is -1.25. The highest BCUT2D eigenvalue weighted by Crippen LogP contribution is 2.22. The van der Waals surface area contributed by atoms with Gasteiger partial charge >= 0.3 is 0 Å². The fraction of sp³-hybridized carbons (Fsp3) is 0.400. The van der Waals surface area contributed by atoms with Crippen LogP contribution in [0.3, 0.4) is 0 Å². The van der Waals surface area contributed by atoms with Crippen molar-refractivity contribution in [2.24, 2.45) is 0 Å². The third kappa shape index (κ3) is 2.74. The molecule has 1 saturated heterocycles. The zero-order valence-corrected chi connectivity index (χ0v) is 12.6. The molecule has 1 heterocycles. The largest absolute Gasteiger partial charge is 0.378 e. The lowest BCUT2D eigenvalue weighted by Gasteiger charge is -2.40. The normalized spacial score (nSPS) is 17.4. The zero-order valence-electron chi connectivity index (χ0n) is 12.6. The second kappa shape index (κ2) is 5.20. The number of carbonyl (C=O) groups excluding carboxylic acids is 3. The van der Waals surface area contributed by atoms with Crippen LogP contribution in [0, 0.1) is 0 Å². The number of benzene rings is 1. The van der Waals surface area contributed by atoms with Gasteiger partial charge in [-0.25, -0.2) is 0 Å². The van der Waals surface area contributed by atoms with E-state index in [1.165, 1.54) is 4.90 Å². The molecule has 1 N–H and O–H groups in total. The molecule has 2 rings (SSSR count). The van der Waals surface area contributed by atoms with E-state index in [0.29, 0.717) is 5.56 Å². The lowest BCUT2D eigenvalue weighted by atomic mass is 9.97. The number of piperazine rings is 1. The van der Waals surface area contributed by atoms with E-state index in [1.807, 2.05) is 25.1 Å². The number of nitrogens with one attached hydrogen (secondary N) is 1. The Kier molecular flexibility index (Phi) is 3.72. The lowest BCUT2D eigenvalue weighted by molar-refractivity contribution is -0.143. The first kappa shape index (κ1) is 15.0. The van der Waals surface area contributed by atoms with Gasteiger partial charge in [-0.15, -0.1) is 0 Å². The first-order valence-electron chi connectivity index (χ1n) is 6.67. The van der Waals surface area contributed by atoms with Gasteiger partial charge in [-0.05, 0) is 32.0 Å². The molecule has 0 radical (unpaired) electrons. The molecule has 1 aromatic rings. The predicted molar refractivity (Wildman–Crippen MR) is 79.0 cm³/mol. The van der Waals surface area contributed by atoms with Gasteiger partial charge in [-0.2, -0.15) is 0 Å². The van der Waals surface area contributed by atoms with Crippen molar-refractivity contribution in [1.82, 2.24) is 10.2 Å². The summed E-state index contributed by atoms with van der Waals surface area (Å²) in [6.45, 7) is 3.13. The highest BCUT2D eigenvalue weighted by molar-refractivity contribution is 6.09. The van der Waals surface area contributed by atoms with Crippen molar-refractivity contribution in [3.63, 3.8) is 0 Å². The van der Waals surface area contributed by atoms with Crippen LogP contribution in [-0.4, -0.2) is 48.8 Å². The van der Waals surface area contributed by atoms with Gasteiger partial charge < -0.3 is 9.80 Å². The first-order valence-corrected chi connectivity index (χ1v) is 6.67. The van der Waals surface area contributed by atoms with E-state index in [9.17, 15) is 14.4 Å². The molecule has 1 aliphatic heterocycles. The minimum Gasteiger partial charge on any atom is -0.378 e. The predicted octanol–water partition coefficient (Wildman–Crippen LogP) is 0.630. The van der Waals surface area contributed by atoms with Crippen LogP contribution in [-0.2, 0) is 9.59 Å². The number of rotatable bonds is 2.